The molecule has 6 heteroatoms. The zero-order valence-electron chi connectivity index (χ0n) is 14.8. The summed E-state index contributed by atoms with van der Waals surface area (Å²) in [5.74, 6) is 0.454. The van der Waals surface area contributed by atoms with Gasteiger partial charge in [-0.05, 0) is 63.4 Å². The average molecular weight is 361 g/mol. The highest BCUT2D eigenvalue weighted by molar-refractivity contribution is 6.30. The Morgan fingerprint density at radius 1 is 1.32 bits per heavy atom. The molecule has 0 saturated heterocycles. The number of hydrogen-bond donors (Lipinski definition) is 2. The molecule has 1 saturated carbocycles. The molecule has 2 atom stereocenters. The lowest BCUT2D eigenvalue weighted by Gasteiger charge is -2.19. The van der Waals surface area contributed by atoms with Crippen LogP contribution >= 0.6 is 11.6 Å². The molecule has 5 nitrogen and oxygen atoms in total. The summed E-state index contributed by atoms with van der Waals surface area (Å²) in [5, 5.41) is 8.46. The Kier molecular flexibility index (Phi) is 5.45. The Morgan fingerprint density at radius 3 is 2.72 bits per heavy atom. The van der Waals surface area contributed by atoms with Crippen molar-refractivity contribution in [2.75, 3.05) is 6.54 Å². The molecule has 0 radical (unpaired) electrons. The van der Waals surface area contributed by atoms with Gasteiger partial charge in [-0.15, -0.1) is 0 Å². The van der Waals surface area contributed by atoms with Gasteiger partial charge in [-0.1, -0.05) is 18.0 Å². The van der Waals surface area contributed by atoms with E-state index >= 15 is 0 Å². The summed E-state index contributed by atoms with van der Waals surface area (Å²) < 4.78 is 1.87. The van der Waals surface area contributed by atoms with Crippen molar-refractivity contribution in [2.45, 2.75) is 45.6 Å². The summed E-state index contributed by atoms with van der Waals surface area (Å²) in [7, 11) is 0. The van der Waals surface area contributed by atoms with Crippen LogP contribution in [0.5, 0.6) is 0 Å². The predicted octanol–water partition coefficient (Wildman–Crippen LogP) is 2.93. The fourth-order valence-corrected chi connectivity index (χ4v) is 3.82. The van der Waals surface area contributed by atoms with Crippen molar-refractivity contribution in [2.24, 2.45) is 11.7 Å². The number of hydrogen-bond acceptors (Lipinski definition) is 3. The van der Waals surface area contributed by atoms with Crippen LogP contribution in [-0.4, -0.2) is 28.3 Å². The van der Waals surface area contributed by atoms with Gasteiger partial charge in [-0.2, -0.15) is 5.10 Å². The van der Waals surface area contributed by atoms with E-state index < -0.39 is 0 Å². The van der Waals surface area contributed by atoms with Gasteiger partial charge in [0.25, 0.3) is 0 Å². The summed E-state index contributed by atoms with van der Waals surface area (Å²) in [5.41, 5.74) is 9.59. The molecular formula is C19H25ClN4O. The molecule has 1 aliphatic carbocycles. The van der Waals surface area contributed by atoms with Gasteiger partial charge in [0.2, 0.25) is 5.91 Å². The first kappa shape index (κ1) is 18.0. The zero-order valence-corrected chi connectivity index (χ0v) is 15.5. The molecule has 1 aliphatic rings. The number of benzene rings is 1. The number of aromatic nitrogens is 2. The number of halogens is 1. The molecule has 1 heterocycles. The minimum atomic E-state index is 0.0483. The van der Waals surface area contributed by atoms with Crippen molar-refractivity contribution >= 4 is 17.5 Å². The summed E-state index contributed by atoms with van der Waals surface area (Å²) in [6.07, 6.45) is 3.61. The Labute approximate surface area is 153 Å². The number of carbonyl (C=O) groups excluding carboxylic acids is 1. The highest BCUT2D eigenvalue weighted by atomic mass is 35.5. The quantitative estimate of drug-likeness (QED) is 0.861. The number of nitrogens with zero attached hydrogens (tertiary/aromatic N) is 2. The Hall–Kier alpha value is -1.85. The van der Waals surface area contributed by atoms with Crippen molar-refractivity contribution in [3.8, 4) is 5.69 Å². The van der Waals surface area contributed by atoms with E-state index in [0.29, 0.717) is 23.9 Å². The highest BCUT2D eigenvalue weighted by Crippen LogP contribution is 2.25. The van der Waals surface area contributed by atoms with Crippen molar-refractivity contribution in [3.63, 3.8) is 0 Å². The summed E-state index contributed by atoms with van der Waals surface area (Å²) in [6, 6.07) is 7.75. The summed E-state index contributed by atoms with van der Waals surface area (Å²) in [6.45, 7) is 4.58. The molecule has 1 aromatic carbocycles. The summed E-state index contributed by atoms with van der Waals surface area (Å²) in [4.78, 5) is 12.5. The molecule has 0 bridgehead atoms. The van der Waals surface area contributed by atoms with E-state index in [1.54, 1.807) is 0 Å². The smallest absolute Gasteiger partial charge is 0.224 e. The molecule has 25 heavy (non-hydrogen) atoms. The van der Waals surface area contributed by atoms with Gasteiger partial charge < -0.3 is 11.1 Å². The second-order valence-electron chi connectivity index (χ2n) is 6.82. The van der Waals surface area contributed by atoms with E-state index in [2.05, 4.69) is 10.4 Å². The number of aryl methyl sites for hydroxylation is 1. The standard InChI is InChI=1S/C19H25ClN4O/c1-12-17(10-19(25)22-18-5-3-4-14(18)11-21)13(2)24(23-12)16-8-6-15(20)7-9-16/h6-9,14,18H,3-5,10-11,21H2,1-2H3,(H,22,25). The lowest BCUT2D eigenvalue weighted by molar-refractivity contribution is -0.121. The SMILES string of the molecule is Cc1nn(-c2ccc(Cl)cc2)c(C)c1CC(=O)NC1CCCC1CN. The number of nitrogens with one attached hydrogen (secondary N) is 1. The van der Waals surface area contributed by atoms with E-state index in [1.807, 2.05) is 42.8 Å². The molecule has 0 aliphatic heterocycles. The molecule has 2 unspecified atom stereocenters. The van der Waals surface area contributed by atoms with Gasteiger partial charge in [0.15, 0.2) is 0 Å². The minimum absolute atomic E-state index is 0.0483. The zero-order chi connectivity index (χ0) is 18.0. The van der Waals surface area contributed by atoms with Crippen LogP contribution in [0.3, 0.4) is 0 Å². The van der Waals surface area contributed by atoms with Crippen molar-refractivity contribution in [1.82, 2.24) is 15.1 Å². The third kappa shape index (κ3) is 3.88. The van der Waals surface area contributed by atoms with Gasteiger partial charge in [-0.3, -0.25) is 4.79 Å². The lowest BCUT2D eigenvalue weighted by atomic mass is 10.0. The van der Waals surface area contributed by atoms with E-state index in [1.165, 1.54) is 0 Å². The summed E-state index contributed by atoms with van der Waals surface area (Å²) >= 11 is 5.96. The van der Waals surface area contributed by atoms with Gasteiger partial charge in [0.1, 0.15) is 0 Å². The first-order chi connectivity index (χ1) is 12.0. The number of nitrogens with two attached hydrogens (primary N) is 1. The molecule has 0 spiro atoms. The number of amides is 1. The van der Waals surface area contributed by atoms with Crippen LogP contribution in [0.1, 0.15) is 36.2 Å². The fourth-order valence-electron chi connectivity index (χ4n) is 3.69. The van der Waals surface area contributed by atoms with Gasteiger partial charge in [0, 0.05) is 22.3 Å². The molecule has 134 valence electrons. The fraction of sp³-hybridized carbons (Fsp3) is 0.474. The van der Waals surface area contributed by atoms with Gasteiger partial charge in [0.05, 0.1) is 17.8 Å². The molecule has 1 amide bonds. The normalized spacial score (nSPS) is 20.0. The van der Waals surface area contributed by atoms with Crippen LogP contribution < -0.4 is 11.1 Å². The largest absolute Gasteiger partial charge is 0.353 e. The number of carbonyl (C=O) groups is 1. The highest BCUT2D eigenvalue weighted by Gasteiger charge is 2.27. The Balaban J connectivity index is 1.74. The molecule has 1 aromatic heterocycles. The molecular weight excluding hydrogens is 336 g/mol. The second-order valence-corrected chi connectivity index (χ2v) is 7.25. The van der Waals surface area contributed by atoms with Crippen LogP contribution in [-0.2, 0) is 11.2 Å². The minimum Gasteiger partial charge on any atom is -0.353 e. The van der Waals surface area contributed by atoms with Crippen molar-refractivity contribution in [1.29, 1.82) is 0 Å². The first-order valence-electron chi connectivity index (χ1n) is 8.80. The maximum absolute atomic E-state index is 12.5. The van der Waals surface area contributed by atoms with Crippen molar-refractivity contribution < 1.29 is 4.79 Å². The van der Waals surface area contributed by atoms with E-state index in [4.69, 9.17) is 17.3 Å². The van der Waals surface area contributed by atoms with E-state index in [0.717, 1.165) is 41.9 Å². The molecule has 1 fully saturated rings. The molecule has 3 rings (SSSR count). The first-order valence-corrected chi connectivity index (χ1v) is 9.18. The predicted molar refractivity (Wildman–Crippen MR) is 100 cm³/mol. The maximum atomic E-state index is 12.5. The van der Waals surface area contributed by atoms with Crippen LogP contribution in [0, 0.1) is 19.8 Å². The van der Waals surface area contributed by atoms with Gasteiger partial charge in [-0.25, -0.2) is 4.68 Å². The van der Waals surface area contributed by atoms with Gasteiger partial charge >= 0.3 is 0 Å². The Bertz CT molecular complexity index is 754. The topological polar surface area (TPSA) is 72.9 Å². The molecule has 2 aromatic rings. The third-order valence-electron chi connectivity index (χ3n) is 5.16. The van der Waals surface area contributed by atoms with E-state index in [-0.39, 0.29) is 11.9 Å². The monoisotopic (exact) mass is 360 g/mol. The van der Waals surface area contributed by atoms with Crippen LogP contribution in [0.2, 0.25) is 5.02 Å². The average Bonchev–Trinajstić information content (AvgIpc) is 3.14. The van der Waals surface area contributed by atoms with Crippen LogP contribution in [0.4, 0.5) is 0 Å². The van der Waals surface area contributed by atoms with E-state index in [9.17, 15) is 4.79 Å². The maximum Gasteiger partial charge on any atom is 0.224 e. The second kappa shape index (κ2) is 7.58. The van der Waals surface area contributed by atoms with Crippen molar-refractivity contribution in [3.05, 3.63) is 46.2 Å². The lowest BCUT2D eigenvalue weighted by Crippen LogP contribution is -2.40. The molecule has 3 N–H and O–H groups in total. The van der Waals surface area contributed by atoms with Crippen LogP contribution in [0.25, 0.3) is 5.69 Å². The van der Waals surface area contributed by atoms with Crippen LogP contribution in [0.15, 0.2) is 24.3 Å². The number of rotatable bonds is 5. The third-order valence-corrected chi connectivity index (χ3v) is 5.41. The Morgan fingerprint density at radius 2 is 2.04 bits per heavy atom.